The monoisotopic (exact) mass is 1140 g/mol. The highest BCUT2D eigenvalue weighted by molar-refractivity contribution is 7.86. The van der Waals surface area contributed by atoms with Crippen LogP contribution in [0.2, 0.25) is 25.2 Å². The van der Waals surface area contributed by atoms with Crippen molar-refractivity contribution in [2.75, 3.05) is 128 Å². The second kappa shape index (κ2) is 34.8. The van der Waals surface area contributed by atoms with Crippen LogP contribution in [0.25, 0.3) is 0 Å². The Morgan fingerprint density at radius 3 is 0.909 bits per heavy atom. The molecule has 0 saturated heterocycles. The zero-order chi connectivity index (χ0) is 50.5. The smallest absolute Gasteiger partial charge is 0.313 e. The maximum Gasteiger partial charge on any atom is 0.313 e. The van der Waals surface area contributed by atoms with Gasteiger partial charge in [-0.05, 0) is 89.9 Å². The summed E-state index contributed by atoms with van der Waals surface area (Å²) in [5, 5.41) is 21.8. The molecular weight excluding hydrogens is 1060 g/mol. The summed E-state index contributed by atoms with van der Waals surface area (Å²) in [6.07, 6.45) is -0.368. The Balaban J connectivity index is 6.05. The average molecular weight is 1140 g/mol. The Kier molecular flexibility index (Phi) is 35.0. The zero-order valence-electron chi connectivity index (χ0n) is 39.8. The Morgan fingerprint density at radius 1 is 0.424 bits per heavy atom. The van der Waals surface area contributed by atoms with Gasteiger partial charge >= 0.3 is 17.1 Å². The number of aliphatic hydroxyl groups is 2. The number of rotatable bonds is 45. The summed E-state index contributed by atoms with van der Waals surface area (Å²) < 4.78 is 164. The largest absolute Gasteiger partial charge is 0.445 e. The van der Waals surface area contributed by atoms with Crippen LogP contribution in [-0.2, 0) is 66.4 Å². The number of hydrogen-bond acceptors (Lipinski definition) is 20. The second-order valence-electron chi connectivity index (χ2n) is 16.6. The summed E-state index contributed by atoms with van der Waals surface area (Å²) in [5.74, 6) is -2.07. The zero-order valence-corrected chi connectivity index (χ0v) is 53.0. The highest BCUT2D eigenvalue weighted by Gasteiger charge is 2.28. The molecule has 24 nitrogen and oxygen atoms in total. The maximum absolute atomic E-state index is 11.6. The van der Waals surface area contributed by atoms with Crippen LogP contribution in [-0.4, -0.2) is 281 Å². The highest BCUT2D eigenvalue weighted by atomic mass is 32.2. The molecular formula is C32H82N4O20S4Si6. The lowest BCUT2D eigenvalue weighted by atomic mass is 10.2. The van der Waals surface area contributed by atoms with Gasteiger partial charge in [0.1, 0.15) is 41.9 Å². The number of ether oxygens (including phenoxy) is 2. The van der Waals surface area contributed by atoms with Crippen molar-refractivity contribution in [3.05, 3.63) is 0 Å². The van der Waals surface area contributed by atoms with Crippen LogP contribution in [0.4, 0.5) is 0 Å². The van der Waals surface area contributed by atoms with Crippen LogP contribution in [0.1, 0.15) is 38.5 Å². The molecule has 0 aromatic heterocycles. The van der Waals surface area contributed by atoms with Gasteiger partial charge in [-0.2, -0.15) is 33.7 Å². The molecule has 6 N–H and O–H groups in total. The second-order valence-corrected chi connectivity index (χ2v) is 34.9. The van der Waals surface area contributed by atoms with Crippen LogP contribution >= 0.6 is 0 Å². The standard InChI is InChI=1S/C32H82N4O20S4Si6/c1-65(53-61,54-62)25-7-19-51-29-31(37)27-35(11-5-23-59(45,46)47)17-15-33(9-3-21-57(39,40)41)13-14-34(10-4-22-58(42,43)44)16-18-36(12-6-24-60(48,49)50)28-32(38)30-52-20-8-26-66(2,55-63)56-64/h31-32,37-38H,3-30H2,1-2,61-64H3,(H,39,40,41)(H,42,43,44)(H,45,46,47)(H,48,49,50). The molecule has 0 spiro atoms. The van der Waals surface area contributed by atoms with E-state index >= 15 is 0 Å². The molecule has 66 heavy (non-hydrogen) atoms. The van der Waals surface area contributed by atoms with Crippen LogP contribution < -0.4 is 0 Å². The topological polar surface area (TPSA) is 326 Å². The maximum atomic E-state index is 11.6. The van der Waals surface area contributed by atoms with E-state index in [2.05, 4.69) is 0 Å². The van der Waals surface area contributed by atoms with Crippen LogP contribution in [0.5, 0.6) is 0 Å². The minimum atomic E-state index is -4.30. The van der Waals surface area contributed by atoms with Gasteiger partial charge in [0.2, 0.25) is 0 Å². The fraction of sp³-hybridized carbons (Fsp3) is 1.00. The van der Waals surface area contributed by atoms with Crippen molar-refractivity contribution in [1.82, 2.24) is 19.6 Å². The van der Waals surface area contributed by atoms with Crippen LogP contribution in [0.3, 0.4) is 0 Å². The third kappa shape index (κ3) is 39.1. The van der Waals surface area contributed by atoms with Gasteiger partial charge in [-0.25, -0.2) is 0 Å². The van der Waals surface area contributed by atoms with E-state index in [0.717, 1.165) is 12.1 Å². The van der Waals surface area contributed by atoms with Crippen LogP contribution in [0, 0.1) is 0 Å². The van der Waals surface area contributed by atoms with Gasteiger partial charge in [0, 0.05) is 65.6 Å². The first-order valence-electron chi connectivity index (χ1n) is 22.0. The minimum Gasteiger partial charge on any atom is -0.445 e. The lowest BCUT2D eigenvalue weighted by molar-refractivity contribution is 0.0140. The summed E-state index contributed by atoms with van der Waals surface area (Å²) in [7, 11) is -19.2. The van der Waals surface area contributed by atoms with Gasteiger partial charge in [0.05, 0.1) is 48.4 Å². The van der Waals surface area contributed by atoms with E-state index in [-0.39, 0.29) is 117 Å². The predicted octanol–water partition coefficient (Wildman–Crippen LogP) is -5.83. The third-order valence-corrected chi connectivity index (χ3v) is 30.4. The molecule has 0 fully saturated rings. The molecule has 398 valence electrons. The average Bonchev–Trinajstić information content (AvgIpc) is 3.20. The molecule has 0 bridgehead atoms. The molecule has 34 heteroatoms. The van der Waals surface area contributed by atoms with E-state index < -0.39 is 92.8 Å². The van der Waals surface area contributed by atoms with Gasteiger partial charge in [-0.3, -0.25) is 28.0 Å². The molecule has 0 amide bonds. The first-order valence-corrected chi connectivity index (χ1v) is 36.7. The number of nitrogens with zero attached hydrogens (tertiary/aromatic N) is 4. The van der Waals surface area contributed by atoms with Crippen molar-refractivity contribution >= 4 is 99.5 Å². The summed E-state index contributed by atoms with van der Waals surface area (Å²) in [4.78, 5) is 7.40. The van der Waals surface area contributed by atoms with Crippen molar-refractivity contribution in [1.29, 1.82) is 0 Å². The van der Waals surface area contributed by atoms with Crippen molar-refractivity contribution in [3.63, 3.8) is 0 Å². The van der Waals surface area contributed by atoms with Crippen LogP contribution in [0.15, 0.2) is 0 Å². The van der Waals surface area contributed by atoms with E-state index in [1.165, 1.54) is 0 Å². The predicted molar refractivity (Wildman–Crippen MR) is 270 cm³/mol. The number of aliphatic hydroxyl groups excluding tert-OH is 2. The number of hydrogen-bond donors (Lipinski definition) is 6. The van der Waals surface area contributed by atoms with E-state index in [4.69, 9.17) is 25.9 Å². The molecule has 0 aliphatic carbocycles. The Hall–Kier alpha value is 0.461. The molecule has 0 aromatic rings. The SMILES string of the molecule is C[Si](CCCOCC(O)CN(CCCS(=O)(=O)O)CCN(CCCS(=O)(=O)O)CCN(CCCS(=O)(=O)O)CCN(CCCS(=O)(=O)O)CC(O)COCCC[Si](C)(O[SiH3])O[SiH3])(O[SiH3])O[SiH3]. The first-order chi connectivity index (χ1) is 30.6. The van der Waals surface area contributed by atoms with Crippen molar-refractivity contribution in [2.24, 2.45) is 0 Å². The lowest BCUT2D eigenvalue weighted by Gasteiger charge is -2.32. The molecule has 0 aromatic carbocycles. The molecule has 2 atom stereocenters. The van der Waals surface area contributed by atoms with Crippen molar-refractivity contribution < 1.29 is 88.0 Å². The molecule has 0 aliphatic heterocycles. The molecule has 2 unspecified atom stereocenters. The summed E-state index contributed by atoms with van der Waals surface area (Å²) >= 11 is 0. The molecule has 0 saturated carbocycles. The quantitative estimate of drug-likeness (QED) is 0.0188. The summed E-state index contributed by atoms with van der Waals surface area (Å²) in [6.45, 7) is 7.27. The highest BCUT2D eigenvalue weighted by Crippen LogP contribution is 2.14. The molecule has 0 heterocycles. The van der Waals surface area contributed by atoms with Gasteiger partial charge < -0.3 is 45.9 Å². The first kappa shape index (κ1) is 66.5. The van der Waals surface area contributed by atoms with Gasteiger partial charge in [-0.15, -0.1) is 0 Å². The third-order valence-electron chi connectivity index (χ3n) is 10.8. The molecule has 0 radical (unpaired) electrons. The van der Waals surface area contributed by atoms with Gasteiger partial charge in [0.15, 0.2) is 0 Å². The van der Waals surface area contributed by atoms with Crippen molar-refractivity contribution in [3.8, 4) is 0 Å². The lowest BCUT2D eigenvalue weighted by Crippen LogP contribution is -2.45. The normalized spacial score (nSPS) is 16.2. The fourth-order valence-electron chi connectivity index (χ4n) is 6.70. The van der Waals surface area contributed by atoms with E-state index in [0.29, 0.717) is 68.0 Å². The van der Waals surface area contributed by atoms with Gasteiger partial charge in [0.25, 0.3) is 40.5 Å². The summed E-state index contributed by atoms with van der Waals surface area (Å²) in [5.41, 5.74) is 0. The fourth-order valence-corrected chi connectivity index (χ4v) is 17.8. The van der Waals surface area contributed by atoms with E-state index in [1.807, 2.05) is 22.9 Å². The van der Waals surface area contributed by atoms with E-state index in [1.54, 1.807) is 9.80 Å². The van der Waals surface area contributed by atoms with E-state index in [9.17, 15) is 62.1 Å². The van der Waals surface area contributed by atoms with Crippen molar-refractivity contribution in [2.45, 2.75) is 75.9 Å². The Labute approximate surface area is 408 Å². The molecule has 0 rings (SSSR count). The Morgan fingerprint density at radius 2 is 0.667 bits per heavy atom. The minimum absolute atomic E-state index is 0.00328. The summed E-state index contributed by atoms with van der Waals surface area (Å²) in [6, 6.07) is 1.48. The Bertz CT molecular complexity index is 1610. The van der Waals surface area contributed by atoms with Gasteiger partial charge in [-0.1, -0.05) is 0 Å². The molecule has 0 aliphatic rings.